The molecule has 0 aliphatic carbocycles. The van der Waals surface area contributed by atoms with Crippen molar-refractivity contribution in [3.05, 3.63) is 83.9 Å². The molecule has 3 aromatic rings. The Kier molecular flexibility index (Phi) is 6.61. The molecule has 0 aliphatic heterocycles. The molecule has 3 rings (SSSR count). The maximum Gasteiger partial charge on any atom is 0.261 e. The van der Waals surface area contributed by atoms with Crippen molar-refractivity contribution in [2.24, 2.45) is 0 Å². The second-order valence-corrected chi connectivity index (χ2v) is 9.32. The van der Waals surface area contributed by atoms with Crippen LogP contribution in [-0.4, -0.2) is 20.1 Å². The number of benzene rings is 3. The number of aryl methyl sites for hydroxylation is 1. The summed E-state index contributed by atoms with van der Waals surface area (Å²) in [5, 5.41) is 2.93. The van der Waals surface area contributed by atoms with Gasteiger partial charge in [-0.1, -0.05) is 37.3 Å². The van der Waals surface area contributed by atoms with Crippen LogP contribution in [0.1, 0.15) is 22.8 Å². The lowest BCUT2D eigenvalue weighted by Crippen LogP contribution is -2.15. The molecular formula is C22H22N2O3S2. The van der Waals surface area contributed by atoms with Gasteiger partial charge in [0.1, 0.15) is 0 Å². The Labute approximate surface area is 175 Å². The normalized spacial score (nSPS) is 11.1. The summed E-state index contributed by atoms with van der Waals surface area (Å²) in [4.78, 5) is 13.9. The van der Waals surface area contributed by atoms with Gasteiger partial charge in [-0.25, -0.2) is 8.42 Å². The predicted octanol–water partition coefficient (Wildman–Crippen LogP) is 5.16. The van der Waals surface area contributed by atoms with Crippen molar-refractivity contribution >= 4 is 39.1 Å². The van der Waals surface area contributed by atoms with Crippen LogP contribution < -0.4 is 10.0 Å². The number of hydrogen-bond acceptors (Lipinski definition) is 4. The Hall–Kier alpha value is -2.77. The van der Waals surface area contributed by atoms with Crippen molar-refractivity contribution in [2.75, 3.05) is 15.8 Å². The Balaban J connectivity index is 1.78. The highest BCUT2D eigenvalue weighted by molar-refractivity contribution is 7.99. The second-order valence-electron chi connectivity index (χ2n) is 6.33. The lowest BCUT2D eigenvalue weighted by atomic mass is 10.1. The molecule has 0 aromatic heterocycles. The van der Waals surface area contributed by atoms with Gasteiger partial charge < -0.3 is 5.32 Å². The average Bonchev–Trinajstić information content (AvgIpc) is 2.71. The summed E-state index contributed by atoms with van der Waals surface area (Å²) < 4.78 is 27.6. The first-order chi connectivity index (χ1) is 13.9. The number of sulfonamides is 1. The molecule has 0 unspecified atom stereocenters. The standard InChI is InChI=1S/C22H22N2O3S2/c1-3-28-21-12-8-7-11-20(21)23-22(25)17-13-14-19(16(2)15-17)24-29(26,27)18-9-5-4-6-10-18/h4-15,24H,3H2,1-2H3,(H,23,25). The van der Waals surface area contributed by atoms with E-state index in [-0.39, 0.29) is 10.8 Å². The molecule has 0 atom stereocenters. The van der Waals surface area contributed by atoms with E-state index in [0.717, 1.165) is 16.3 Å². The Morgan fingerprint density at radius 2 is 1.62 bits per heavy atom. The largest absolute Gasteiger partial charge is 0.321 e. The molecule has 5 nitrogen and oxygen atoms in total. The minimum absolute atomic E-state index is 0.186. The van der Waals surface area contributed by atoms with Crippen molar-refractivity contribution in [3.8, 4) is 0 Å². The van der Waals surface area contributed by atoms with Crippen molar-refractivity contribution < 1.29 is 13.2 Å². The molecule has 0 fully saturated rings. The highest BCUT2D eigenvalue weighted by atomic mass is 32.2. The lowest BCUT2D eigenvalue weighted by molar-refractivity contribution is 0.102. The lowest BCUT2D eigenvalue weighted by Gasteiger charge is -2.13. The molecule has 150 valence electrons. The number of hydrogen-bond donors (Lipinski definition) is 2. The third kappa shape index (κ3) is 5.19. The van der Waals surface area contributed by atoms with E-state index in [0.29, 0.717) is 16.8 Å². The van der Waals surface area contributed by atoms with E-state index in [9.17, 15) is 13.2 Å². The number of thioether (sulfide) groups is 1. The van der Waals surface area contributed by atoms with Crippen LogP contribution in [0.15, 0.2) is 82.6 Å². The summed E-state index contributed by atoms with van der Waals surface area (Å²) in [6.45, 7) is 3.82. The quantitative estimate of drug-likeness (QED) is 0.512. The fraction of sp³-hybridized carbons (Fsp3) is 0.136. The zero-order chi connectivity index (χ0) is 20.9. The van der Waals surface area contributed by atoms with Gasteiger partial charge in [0.05, 0.1) is 16.3 Å². The average molecular weight is 427 g/mol. The van der Waals surface area contributed by atoms with Crippen LogP contribution in [0.5, 0.6) is 0 Å². The highest BCUT2D eigenvalue weighted by Gasteiger charge is 2.16. The van der Waals surface area contributed by atoms with E-state index in [1.165, 1.54) is 12.1 Å². The molecule has 7 heteroatoms. The second kappa shape index (κ2) is 9.15. The van der Waals surface area contributed by atoms with Crippen molar-refractivity contribution in [3.63, 3.8) is 0 Å². The molecule has 3 aromatic carbocycles. The van der Waals surface area contributed by atoms with Gasteiger partial charge in [-0.3, -0.25) is 9.52 Å². The summed E-state index contributed by atoms with van der Waals surface area (Å²) in [7, 11) is -3.68. The number of carbonyl (C=O) groups is 1. The smallest absolute Gasteiger partial charge is 0.261 e. The van der Waals surface area contributed by atoms with Gasteiger partial charge >= 0.3 is 0 Å². The van der Waals surface area contributed by atoms with Gasteiger partial charge in [-0.05, 0) is 60.7 Å². The summed E-state index contributed by atoms with van der Waals surface area (Å²) in [6, 6.07) is 20.7. The SMILES string of the molecule is CCSc1ccccc1NC(=O)c1ccc(NS(=O)(=O)c2ccccc2)c(C)c1. The van der Waals surface area contributed by atoms with Crippen LogP contribution in [0.2, 0.25) is 0 Å². The number of para-hydroxylation sites is 1. The van der Waals surface area contributed by atoms with Gasteiger partial charge in [-0.2, -0.15) is 0 Å². The fourth-order valence-electron chi connectivity index (χ4n) is 2.77. The Bertz CT molecular complexity index is 1110. The first-order valence-corrected chi connectivity index (χ1v) is 11.6. The Morgan fingerprint density at radius 3 is 2.31 bits per heavy atom. The van der Waals surface area contributed by atoms with E-state index < -0.39 is 10.0 Å². The van der Waals surface area contributed by atoms with Crippen LogP contribution in [0.4, 0.5) is 11.4 Å². The minimum Gasteiger partial charge on any atom is -0.321 e. The van der Waals surface area contributed by atoms with E-state index in [1.54, 1.807) is 55.1 Å². The molecule has 0 saturated carbocycles. The molecule has 0 spiro atoms. The third-order valence-electron chi connectivity index (χ3n) is 4.22. The molecular weight excluding hydrogens is 404 g/mol. The van der Waals surface area contributed by atoms with Gasteiger partial charge in [0.2, 0.25) is 0 Å². The van der Waals surface area contributed by atoms with Gasteiger partial charge in [0, 0.05) is 10.5 Å². The van der Waals surface area contributed by atoms with E-state index in [2.05, 4.69) is 17.0 Å². The first-order valence-electron chi connectivity index (χ1n) is 9.12. The van der Waals surface area contributed by atoms with Gasteiger partial charge in [0.15, 0.2) is 0 Å². The van der Waals surface area contributed by atoms with Crippen molar-refractivity contribution in [1.82, 2.24) is 0 Å². The van der Waals surface area contributed by atoms with E-state index in [1.807, 2.05) is 24.3 Å². The number of anilines is 2. The van der Waals surface area contributed by atoms with Crippen LogP contribution >= 0.6 is 11.8 Å². The Morgan fingerprint density at radius 1 is 0.931 bits per heavy atom. The number of rotatable bonds is 7. The monoisotopic (exact) mass is 426 g/mol. The van der Waals surface area contributed by atoms with E-state index >= 15 is 0 Å². The van der Waals surface area contributed by atoms with Crippen LogP contribution in [-0.2, 0) is 10.0 Å². The molecule has 1 amide bonds. The molecule has 0 bridgehead atoms. The van der Waals surface area contributed by atoms with Crippen LogP contribution in [0.25, 0.3) is 0 Å². The van der Waals surface area contributed by atoms with Crippen molar-refractivity contribution in [1.29, 1.82) is 0 Å². The summed E-state index contributed by atoms with van der Waals surface area (Å²) in [5.41, 5.74) is 2.32. The number of amides is 1. The summed E-state index contributed by atoms with van der Waals surface area (Å²) in [6.07, 6.45) is 0. The molecule has 0 saturated heterocycles. The number of nitrogens with one attached hydrogen (secondary N) is 2. The van der Waals surface area contributed by atoms with Crippen molar-refractivity contribution in [2.45, 2.75) is 23.6 Å². The molecule has 2 N–H and O–H groups in total. The molecule has 0 aliphatic rings. The van der Waals surface area contributed by atoms with Crippen LogP contribution in [0.3, 0.4) is 0 Å². The van der Waals surface area contributed by atoms with Gasteiger partial charge in [0.25, 0.3) is 15.9 Å². The molecule has 0 radical (unpaired) electrons. The zero-order valence-corrected chi connectivity index (χ0v) is 17.8. The predicted molar refractivity (Wildman–Crippen MR) is 119 cm³/mol. The van der Waals surface area contributed by atoms with Crippen LogP contribution in [0, 0.1) is 6.92 Å². The summed E-state index contributed by atoms with van der Waals surface area (Å²) in [5.74, 6) is 0.664. The topological polar surface area (TPSA) is 75.3 Å². The maximum absolute atomic E-state index is 12.7. The zero-order valence-electron chi connectivity index (χ0n) is 16.2. The van der Waals surface area contributed by atoms with E-state index in [4.69, 9.17) is 0 Å². The molecule has 29 heavy (non-hydrogen) atoms. The van der Waals surface area contributed by atoms with Gasteiger partial charge in [-0.15, -0.1) is 11.8 Å². The third-order valence-corrected chi connectivity index (χ3v) is 6.56. The highest BCUT2D eigenvalue weighted by Crippen LogP contribution is 2.27. The minimum atomic E-state index is -3.68. The molecule has 0 heterocycles. The fourth-order valence-corrected chi connectivity index (χ4v) is 4.68. The first kappa shape index (κ1) is 21.0. The number of carbonyl (C=O) groups excluding carboxylic acids is 1. The maximum atomic E-state index is 12.7. The summed E-state index contributed by atoms with van der Waals surface area (Å²) >= 11 is 1.66.